The van der Waals surface area contributed by atoms with E-state index >= 15 is 0 Å². The van der Waals surface area contributed by atoms with E-state index in [0.717, 1.165) is 31.1 Å². The predicted octanol–water partition coefficient (Wildman–Crippen LogP) is 4.10. The van der Waals surface area contributed by atoms with Crippen LogP contribution < -0.4 is 9.47 Å². The van der Waals surface area contributed by atoms with Crippen LogP contribution in [0.1, 0.15) is 46.6 Å². The Balaban J connectivity index is 2.86. The van der Waals surface area contributed by atoms with E-state index in [2.05, 4.69) is 51.7 Å². The molecule has 0 amide bonds. The third-order valence-electron chi connectivity index (χ3n) is 3.38. The van der Waals surface area contributed by atoms with Gasteiger partial charge < -0.3 is 9.47 Å². The van der Waals surface area contributed by atoms with Gasteiger partial charge in [0.15, 0.2) is 11.5 Å². The molecule has 1 aromatic carbocycles. The van der Waals surface area contributed by atoms with Gasteiger partial charge in [0.25, 0.3) is 0 Å². The summed E-state index contributed by atoms with van der Waals surface area (Å²) in [5.41, 5.74) is 1.26. The first-order valence-electron chi connectivity index (χ1n) is 7.55. The number of ether oxygens (including phenoxy) is 2. The maximum absolute atomic E-state index is 5.69. The van der Waals surface area contributed by atoms with E-state index in [1.54, 1.807) is 7.11 Å². The Morgan fingerprint density at radius 1 is 1.05 bits per heavy atom. The quantitative estimate of drug-likeness (QED) is 0.715. The number of nitrogens with zero attached hydrogens (tertiary/aromatic N) is 1. The van der Waals surface area contributed by atoms with Crippen LogP contribution in [0.3, 0.4) is 0 Å². The van der Waals surface area contributed by atoms with Crippen molar-refractivity contribution in [3.8, 4) is 11.5 Å². The van der Waals surface area contributed by atoms with Crippen molar-refractivity contribution in [2.45, 2.75) is 59.7 Å². The lowest BCUT2D eigenvalue weighted by Crippen LogP contribution is -2.36. The van der Waals surface area contributed by atoms with E-state index in [1.165, 1.54) is 5.56 Å². The van der Waals surface area contributed by atoms with E-state index < -0.39 is 0 Å². The molecule has 3 nitrogen and oxygen atoms in total. The van der Waals surface area contributed by atoms with Crippen LogP contribution in [0.25, 0.3) is 0 Å². The molecule has 0 aliphatic rings. The van der Waals surface area contributed by atoms with Crippen LogP contribution in [0.2, 0.25) is 0 Å². The molecule has 0 radical (unpaired) electrons. The van der Waals surface area contributed by atoms with Crippen molar-refractivity contribution < 1.29 is 9.47 Å². The molecular weight excluding hydrogens is 250 g/mol. The van der Waals surface area contributed by atoms with Crippen LogP contribution >= 0.6 is 0 Å². The second kappa shape index (κ2) is 8.15. The highest BCUT2D eigenvalue weighted by molar-refractivity contribution is 5.43. The van der Waals surface area contributed by atoms with E-state index in [9.17, 15) is 0 Å². The SMILES string of the molecule is CCCOc1ccc(CN(C(C)C)C(C)C)cc1OC. The van der Waals surface area contributed by atoms with Gasteiger partial charge in [0.05, 0.1) is 13.7 Å². The first-order valence-corrected chi connectivity index (χ1v) is 7.55. The fraction of sp³-hybridized carbons (Fsp3) is 0.647. The largest absolute Gasteiger partial charge is 0.493 e. The van der Waals surface area contributed by atoms with E-state index in [1.807, 2.05) is 6.07 Å². The molecule has 0 N–H and O–H groups in total. The minimum atomic E-state index is 0.525. The number of hydrogen-bond donors (Lipinski definition) is 0. The number of hydrogen-bond acceptors (Lipinski definition) is 3. The summed E-state index contributed by atoms with van der Waals surface area (Å²) in [7, 11) is 1.70. The first-order chi connectivity index (χ1) is 9.49. The number of rotatable bonds is 8. The zero-order chi connectivity index (χ0) is 15.1. The molecule has 0 saturated heterocycles. The first kappa shape index (κ1) is 16.8. The maximum Gasteiger partial charge on any atom is 0.161 e. The van der Waals surface area contributed by atoms with Gasteiger partial charge in [-0.05, 0) is 51.8 Å². The Bertz CT molecular complexity index is 394. The van der Waals surface area contributed by atoms with Crippen LogP contribution in [-0.2, 0) is 6.54 Å². The minimum Gasteiger partial charge on any atom is -0.493 e. The average Bonchev–Trinajstić information content (AvgIpc) is 2.42. The normalized spacial score (nSPS) is 11.4. The second-order valence-corrected chi connectivity index (χ2v) is 5.69. The molecule has 114 valence electrons. The molecule has 0 unspecified atom stereocenters. The summed E-state index contributed by atoms with van der Waals surface area (Å²) in [6, 6.07) is 7.28. The van der Waals surface area contributed by atoms with Crippen molar-refractivity contribution in [1.82, 2.24) is 4.90 Å². The van der Waals surface area contributed by atoms with Crippen LogP contribution in [0, 0.1) is 0 Å². The molecule has 0 aromatic heterocycles. The van der Waals surface area contributed by atoms with Crippen LogP contribution in [-0.4, -0.2) is 30.7 Å². The van der Waals surface area contributed by atoms with Gasteiger partial charge in [0, 0.05) is 18.6 Å². The van der Waals surface area contributed by atoms with Gasteiger partial charge in [-0.15, -0.1) is 0 Å². The molecule has 0 fully saturated rings. The summed E-state index contributed by atoms with van der Waals surface area (Å²) in [4.78, 5) is 2.46. The maximum atomic E-state index is 5.69. The van der Waals surface area contributed by atoms with Gasteiger partial charge >= 0.3 is 0 Å². The Morgan fingerprint density at radius 2 is 1.70 bits per heavy atom. The lowest BCUT2D eigenvalue weighted by Gasteiger charge is -2.30. The van der Waals surface area contributed by atoms with E-state index in [0.29, 0.717) is 12.1 Å². The van der Waals surface area contributed by atoms with Crippen LogP contribution in [0.15, 0.2) is 18.2 Å². The van der Waals surface area contributed by atoms with Crippen molar-refractivity contribution in [1.29, 1.82) is 0 Å². The van der Waals surface area contributed by atoms with Crippen LogP contribution in [0.5, 0.6) is 11.5 Å². The smallest absolute Gasteiger partial charge is 0.161 e. The van der Waals surface area contributed by atoms with Crippen molar-refractivity contribution in [2.75, 3.05) is 13.7 Å². The van der Waals surface area contributed by atoms with Gasteiger partial charge in [-0.3, -0.25) is 4.90 Å². The third-order valence-corrected chi connectivity index (χ3v) is 3.38. The molecule has 0 spiro atoms. The molecule has 3 heteroatoms. The van der Waals surface area contributed by atoms with Gasteiger partial charge in [0.1, 0.15) is 0 Å². The van der Waals surface area contributed by atoms with E-state index in [4.69, 9.17) is 9.47 Å². The molecular formula is C17H29NO2. The molecule has 0 bridgehead atoms. The van der Waals surface area contributed by atoms with Gasteiger partial charge in [-0.1, -0.05) is 13.0 Å². The molecule has 20 heavy (non-hydrogen) atoms. The molecule has 0 saturated carbocycles. The summed E-state index contributed by atoms with van der Waals surface area (Å²) in [6.45, 7) is 12.7. The highest BCUT2D eigenvalue weighted by atomic mass is 16.5. The molecule has 0 aliphatic heterocycles. The van der Waals surface area contributed by atoms with Crippen LogP contribution in [0.4, 0.5) is 0 Å². The highest BCUT2D eigenvalue weighted by Gasteiger charge is 2.15. The third kappa shape index (κ3) is 4.71. The summed E-state index contributed by atoms with van der Waals surface area (Å²) in [5, 5.41) is 0. The molecule has 0 atom stereocenters. The lowest BCUT2D eigenvalue weighted by molar-refractivity contribution is 0.165. The monoisotopic (exact) mass is 279 g/mol. The molecule has 0 aliphatic carbocycles. The molecule has 1 aromatic rings. The number of benzene rings is 1. The van der Waals surface area contributed by atoms with Gasteiger partial charge in [0.2, 0.25) is 0 Å². The number of methoxy groups -OCH3 is 1. The zero-order valence-corrected chi connectivity index (χ0v) is 13.8. The van der Waals surface area contributed by atoms with Crippen molar-refractivity contribution in [3.05, 3.63) is 23.8 Å². The van der Waals surface area contributed by atoms with Gasteiger partial charge in [-0.25, -0.2) is 0 Å². The van der Waals surface area contributed by atoms with Crippen molar-refractivity contribution >= 4 is 0 Å². The summed E-state index contributed by atoms with van der Waals surface area (Å²) < 4.78 is 11.1. The summed E-state index contributed by atoms with van der Waals surface area (Å²) in [6.07, 6.45) is 0.999. The lowest BCUT2D eigenvalue weighted by atomic mass is 10.1. The Labute approximate surface area is 123 Å². The second-order valence-electron chi connectivity index (χ2n) is 5.69. The standard InChI is InChI=1S/C17H29NO2/c1-7-10-20-16-9-8-15(11-17(16)19-6)12-18(13(2)3)14(4)5/h8-9,11,13-14H,7,10,12H2,1-6H3. The topological polar surface area (TPSA) is 21.7 Å². The van der Waals surface area contributed by atoms with Crippen molar-refractivity contribution in [2.24, 2.45) is 0 Å². The Morgan fingerprint density at radius 3 is 2.20 bits per heavy atom. The fourth-order valence-corrected chi connectivity index (χ4v) is 2.31. The molecule has 1 rings (SSSR count). The predicted molar refractivity (Wildman–Crippen MR) is 84.6 cm³/mol. The Hall–Kier alpha value is -1.22. The molecule has 0 heterocycles. The fourth-order valence-electron chi connectivity index (χ4n) is 2.31. The average molecular weight is 279 g/mol. The van der Waals surface area contributed by atoms with Gasteiger partial charge in [-0.2, -0.15) is 0 Å². The van der Waals surface area contributed by atoms with Crippen molar-refractivity contribution in [3.63, 3.8) is 0 Å². The summed E-state index contributed by atoms with van der Waals surface area (Å²) >= 11 is 0. The zero-order valence-electron chi connectivity index (χ0n) is 13.8. The van der Waals surface area contributed by atoms with E-state index in [-0.39, 0.29) is 0 Å². The highest BCUT2D eigenvalue weighted by Crippen LogP contribution is 2.29. The Kier molecular flexibility index (Phi) is 6.86. The summed E-state index contributed by atoms with van der Waals surface area (Å²) in [5.74, 6) is 1.65. The minimum absolute atomic E-state index is 0.525.